The Kier molecular flexibility index (Phi) is 8.20. The van der Waals surface area contributed by atoms with E-state index >= 15 is 0 Å². The number of fused-ring (bicyclic) bond motifs is 1. The van der Waals surface area contributed by atoms with E-state index in [9.17, 15) is 15.0 Å². The van der Waals surface area contributed by atoms with Crippen molar-refractivity contribution in [1.82, 2.24) is 4.90 Å². The molecule has 0 spiro atoms. The van der Waals surface area contributed by atoms with Gasteiger partial charge in [-0.25, -0.2) is 0 Å². The van der Waals surface area contributed by atoms with Crippen molar-refractivity contribution < 1.29 is 15.0 Å². The lowest BCUT2D eigenvalue weighted by atomic mass is 9.76. The van der Waals surface area contributed by atoms with Crippen LogP contribution < -0.4 is 0 Å². The number of carbonyl (C=O) groups is 1. The molecular formula is C26H43NO3. The van der Waals surface area contributed by atoms with Gasteiger partial charge in [-0.3, -0.25) is 4.79 Å². The summed E-state index contributed by atoms with van der Waals surface area (Å²) in [7, 11) is 3.63. The molecule has 3 aliphatic rings. The van der Waals surface area contributed by atoms with Crippen LogP contribution in [0.15, 0.2) is 23.8 Å². The number of hydrogen-bond donors (Lipinski definition) is 2. The summed E-state index contributed by atoms with van der Waals surface area (Å²) in [5.74, 6) is 1.84. The molecule has 1 amide bonds. The molecule has 0 saturated heterocycles. The lowest BCUT2D eigenvalue weighted by molar-refractivity contribution is -0.128. The van der Waals surface area contributed by atoms with Crippen LogP contribution in [0.4, 0.5) is 0 Å². The smallest absolute Gasteiger partial charge is 0.222 e. The van der Waals surface area contributed by atoms with Crippen LogP contribution in [0.2, 0.25) is 0 Å². The zero-order valence-electron chi connectivity index (χ0n) is 19.4. The third kappa shape index (κ3) is 5.97. The molecule has 4 heteroatoms. The Morgan fingerprint density at radius 1 is 1.23 bits per heavy atom. The van der Waals surface area contributed by atoms with Crippen molar-refractivity contribution in [3.63, 3.8) is 0 Å². The summed E-state index contributed by atoms with van der Waals surface area (Å²) in [4.78, 5) is 13.4. The third-order valence-corrected chi connectivity index (χ3v) is 7.96. The minimum absolute atomic E-state index is 0.209. The fourth-order valence-electron chi connectivity index (χ4n) is 6.00. The van der Waals surface area contributed by atoms with Gasteiger partial charge in [-0.05, 0) is 76.0 Å². The zero-order valence-corrected chi connectivity index (χ0v) is 19.4. The molecule has 0 radical (unpaired) electrons. The normalized spacial score (nSPS) is 31.6. The number of aliphatic hydroxyl groups excluding tert-OH is 1. The monoisotopic (exact) mass is 417 g/mol. The molecule has 3 rings (SSSR count). The van der Waals surface area contributed by atoms with Crippen molar-refractivity contribution in [3.05, 3.63) is 23.8 Å². The summed E-state index contributed by atoms with van der Waals surface area (Å²) in [5, 5.41) is 21.6. The number of amides is 1. The van der Waals surface area contributed by atoms with Gasteiger partial charge in [-0.2, -0.15) is 0 Å². The van der Waals surface area contributed by atoms with Crippen molar-refractivity contribution in [2.45, 2.75) is 95.7 Å². The van der Waals surface area contributed by atoms with Crippen LogP contribution in [0, 0.1) is 23.7 Å². The van der Waals surface area contributed by atoms with Crippen molar-refractivity contribution in [2.24, 2.45) is 23.7 Å². The number of rotatable bonds is 9. The second-order valence-electron chi connectivity index (χ2n) is 10.6. The first-order valence-corrected chi connectivity index (χ1v) is 12.2. The Balaban J connectivity index is 1.45. The fourth-order valence-corrected chi connectivity index (χ4v) is 6.00. The van der Waals surface area contributed by atoms with Gasteiger partial charge in [0.25, 0.3) is 0 Å². The molecule has 0 unspecified atom stereocenters. The van der Waals surface area contributed by atoms with Gasteiger partial charge in [-0.1, -0.05) is 43.1 Å². The summed E-state index contributed by atoms with van der Waals surface area (Å²) >= 11 is 0. The second-order valence-corrected chi connectivity index (χ2v) is 10.6. The molecule has 170 valence electrons. The van der Waals surface area contributed by atoms with E-state index in [-0.39, 0.29) is 17.9 Å². The molecule has 0 aromatic carbocycles. The molecule has 0 aliphatic heterocycles. The molecule has 0 aromatic rings. The lowest BCUT2D eigenvalue weighted by Crippen LogP contribution is -2.35. The maximum atomic E-state index is 11.7. The standard InChI is InChI=1S/C26H43NO3/c1-26(30,21-11-5-4-6-12-21)15-9-13-22-23-17-19(16-20(23)18-24(22)28)10-7-8-14-25(29)27(2)3/h9,13,16,20-24,28,30H,4-8,10-12,14-15,17-18H2,1-3H3/t20-,22+,23-,24+,26+/m0/s1. The van der Waals surface area contributed by atoms with Crippen LogP contribution in [0.1, 0.15) is 84.0 Å². The van der Waals surface area contributed by atoms with Gasteiger partial charge in [0, 0.05) is 26.4 Å². The van der Waals surface area contributed by atoms with Crippen molar-refractivity contribution in [3.8, 4) is 0 Å². The van der Waals surface area contributed by atoms with E-state index < -0.39 is 5.60 Å². The average Bonchev–Trinajstić information content (AvgIpc) is 3.23. The van der Waals surface area contributed by atoms with E-state index in [1.807, 2.05) is 21.0 Å². The number of hydrogen-bond acceptors (Lipinski definition) is 3. The van der Waals surface area contributed by atoms with E-state index in [0.717, 1.165) is 44.9 Å². The molecule has 0 bridgehead atoms. The van der Waals surface area contributed by atoms with E-state index in [2.05, 4.69) is 18.2 Å². The Bertz CT molecular complexity index is 630. The maximum Gasteiger partial charge on any atom is 0.222 e. The first kappa shape index (κ1) is 23.5. The minimum Gasteiger partial charge on any atom is -0.392 e. The SMILES string of the molecule is CN(C)C(=O)CCCCC1=C[C@H]2C[C@@H](O)[C@H](C=CC[C@@](C)(O)C3CCCCC3)[C@H]2C1. The molecular weight excluding hydrogens is 374 g/mol. The molecule has 2 saturated carbocycles. The second kappa shape index (κ2) is 10.5. The summed E-state index contributed by atoms with van der Waals surface area (Å²) < 4.78 is 0. The van der Waals surface area contributed by atoms with Crippen molar-refractivity contribution in [1.29, 1.82) is 0 Å². The van der Waals surface area contributed by atoms with E-state index in [4.69, 9.17) is 0 Å². The maximum absolute atomic E-state index is 11.7. The Hall–Kier alpha value is -1.13. The average molecular weight is 418 g/mol. The van der Waals surface area contributed by atoms with Crippen molar-refractivity contribution in [2.75, 3.05) is 14.1 Å². The molecule has 3 aliphatic carbocycles. The van der Waals surface area contributed by atoms with Gasteiger partial charge < -0.3 is 15.1 Å². The predicted molar refractivity (Wildman–Crippen MR) is 122 cm³/mol. The summed E-state index contributed by atoms with van der Waals surface area (Å²) in [6.45, 7) is 2.00. The topological polar surface area (TPSA) is 60.8 Å². The van der Waals surface area contributed by atoms with Crippen LogP contribution in [0.3, 0.4) is 0 Å². The van der Waals surface area contributed by atoms with Crippen LogP contribution >= 0.6 is 0 Å². The van der Waals surface area contributed by atoms with Gasteiger partial charge in [0.1, 0.15) is 0 Å². The molecule has 2 fully saturated rings. The van der Waals surface area contributed by atoms with Crippen LogP contribution in [0.25, 0.3) is 0 Å². The summed E-state index contributed by atoms with van der Waals surface area (Å²) in [6.07, 6.45) is 19.0. The number of nitrogens with zero attached hydrogens (tertiary/aromatic N) is 1. The first-order valence-electron chi connectivity index (χ1n) is 12.2. The molecule has 4 nitrogen and oxygen atoms in total. The molecule has 0 heterocycles. The van der Waals surface area contributed by atoms with Crippen LogP contribution in [-0.2, 0) is 4.79 Å². The van der Waals surface area contributed by atoms with Gasteiger partial charge in [0.05, 0.1) is 11.7 Å². The molecule has 0 aromatic heterocycles. The quantitative estimate of drug-likeness (QED) is 0.416. The van der Waals surface area contributed by atoms with E-state index in [1.165, 1.54) is 24.8 Å². The van der Waals surface area contributed by atoms with Crippen LogP contribution in [0.5, 0.6) is 0 Å². The predicted octanol–water partition coefficient (Wildman–Crippen LogP) is 4.86. The summed E-state index contributed by atoms with van der Waals surface area (Å²) in [5.41, 5.74) is 0.893. The highest BCUT2D eigenvalue weighted by Crippen LogP contribution is 2.48. The Morgan fingerprint density at radius 2 is 1.97 bits per heavy atom. The van der Waals surface area contributed by atoms with Crippen LogP contribution in [-0.4, -0.2) is 46.8 Å². The minimum atomic E-state index is -0.622. The number of aliphatic hydroxyl groups is 2. The third-order valence-electron chi connectivity index (χ3n) is 7.96. The highest BCUT2D eigenvalue weighted by atomic mass is 16.3. The molecule has 2 N–H and O–H groups in total. The zero-order chi connectivity index (χ0) is 21.7. The van der Waals surface area contributed by atoms with Gasteiger partial charge in [0.2, 0.25) is 5.91 Å². The number of allylic oxidation sites excluding steroid dienone is 2. The fraction of sp³-hybridized carbons (Fsp3) is 0.808. The highest BCUT2D eigenvalue weighted by molar-refractivity contribution is 5.75. The largest absolute Gasteiger partial charge is 0.392 e. The number of unbranched alkanes of at least 4 members (excludes halogenated alkanes) is 1. The van der Waals surface area contributed by atoms with E-state index in [1.54, 1.807) is 4.90 Å². The highest BCUT2D eigenvalue weighted by Gasteiger charge is 2.43. The number of carbonyl (C=O) groups excluding carboxylic acids is 1. The summed E-state index contributed by atoms with van der Waals surface area (Å²) in [6, 6.07) is 0. The van der Waals surface area contributed by atoms with Crippen molar-refractivity contribution >= 4 is 5.91 Å². The first-order chi connectivity index (χ1) is 14.3. The van der Waals surface area contributed by atoms with E-state index in [0.29, 0.717) is 30.6 Å². The van der Waals surface area contributed by atoms with Gasteiger partial charge in [-0.15, -0.1) is 0 Å². The molecule has 5 atom stereocenters. The molecule has 30 heavy (non-hydrogen) atoms. The van der Waals surface area contributed by atoms with Gasteiger partial charge in [0.15, 0.2) is 0 Å². The lowest BCUT2D eigenvalue weighted by Gasteiger charge is -2.35. The Morgan fingerprint density at radius 3 is 2.67 bits per heavy atom. The van der Waals surface area contributed by atoms with Gasteiger partial charge >= 0.3 is 0 Å². The Labute approximate surface area is 183 Å².